The third-order valence-electron chi connectivity index (χ3n) is 6.64. The molecule has 0 bridgehead atoms. The van der Waals surface area contributed by atoms with Crippen molar-refractivity contribution in [3.63, 3.8) is 0 Å². The van der Waals surface area contributed by atoms with Crippen molar-refractivity contribution in [2.24, 2.45) is 0 Å². The number of unbranched alkanes of at least 4 members (excludes halogenated alkanes) is 7. The van der Waals surface area contributed by atoms with Gasteiger partial charge in [0.1, 0.15) is 0 Å². The third-order valence-corrected chi connectivity index (χ3v) is 7.20. The van der Waals surface area contributed by atoms with Gasteiger partial charge in [-0.15, -0.1) is 0 Å². The molecule has 1 saturated heterocycles. The molecule has 3 aromatic rings. The molecule has 0 atom stereocenters. The molecule has 0 aliphatic carbocycles. The number of halogens is 1. The monoisotopic (exact) mass is 563 g/mol. The van der Waals surface area contributed by atoms with Crippen molar-refractivity contribution in [3.05, 3.63) is 84.9 Å². The van der Waals surface area contributed by atoms with Crippen LogP contribution in [0.15, 0.2) is 84.9 Å². The predicted octanol–water partition coefficient (Wildman–Crippen LogP) is 10.2. The molecule has 2 nitrogen and oxygen atoms in total. The SMILES string of the molecule is CCCCCCCCCCBr.CN1CCCCC1=O.c1ccc(-c2ccccc2-c2ccccc2)cc1. The normalized spacial score (nSPS) is 12.7. The van der Waals surface area contributed by atoms with Gasteiger partial charge >= 0.3 is 0 Å². The van der Waals surface area contributed by atoms with Gasteiger partial charge in [-0.3, -0.25) is 4.79 Å². The molecule has 1 aliphatic rings. The summed E-state index contributed by atoms with van der Waals surface area (Å²) in [5.41, 5.74) is 5.09. The van der Waals surface area contributed by atoms with Gasteiger partial charge in [0, 0.05) is 25.3 Å². The molecule has 0 radical (unpaired) electrons. The molecule has 37 heavy (non-hydrogen) atoms. The second kappa shape index (κ2) is 19.7. The number of amides is 1. The van der Waals surface area contributed by atoms with Crippen LogP contribution in [0.4, 0.5) is 0 Å². The van der Waals surface area contributed by atoms with Gasteiger partial charge in [0.2, 0.25) is 5.91 Å². The van der Waals surface area contributed by atoms with Gasteiger partial charge < -0.3 is 4.90 Å². The van der Waals surface area contributed by atoms with Gasteiger partial charge in [0.15, 0.2) is 0 Å². The Morgan fingerprint density at radius 3 is 1.51 bits per heavy atom. The Bertz CT molecular complexity index is 907. The van der Waals surface area contributed by atoms with E-state index >= 15 is 0 Å². The van der Waals surface area contributed by atoms with Crippen LogP contribution < -0.4 is 0 Å². The van der Waals surface area contributed by atoms with Gasteiger partial charge in [0.05, 0.1) is 0 Å². The van der Waals surface area contributed by atoms with E-state index in [1.165, 1.54) is 85.4 Å². The second-order valence-corrected chi connectivity index (χ2v) is 10.5. The summed E-state index contributed by atoms with van der Waals surface area (Å²) in [6, 6.07) is 29.6. The Morgan fingerprint density at radius 1 is 0.649 bits per heavy atom. The summed E-state index contributed by atoms with van der Waals surface area (Å²) in [6.45, 7) is 3.23. The molecule has 0 aromatic heterocycles. The molecule has 0 N–H and O–H groups in total. The minimum absolute atomic E-state index is 0.302. The number of benzene rings is 3. The first kappa shape index (κ1) is 30.8. The van der Waals surface area contributed by atoms with Crippen molar-refractivity contribution in [1.82, 2.24) is 4.90 Å². The first-order chi connectivity index (χ1) is 18.2. The molecule has 200 valence electrons. The number of piperidine rings is 1. The highest BCUT2D eigenvalue weighted by Gasteiger charge is 2.12. The summed E-state index contributed by atoms with van der Waals surface area (Å²) in [5.74, 6) is 0.302. The molecule has 0 unspecified atom stereocenters. The smallest absolute Gasteiger partial charge is 0.222 e. The molecule has 3 aromatic carbocycles. The summed E-state index contributed by atoms with van der Waals surface area (Å²) in [4.78, 5) is 12.5. The van der Waals surface area contributed by atoms with E-state index in [1.807, 2.05) is 7.05 Å². The van der Waals surface area contributed by atoms with E-state index < -0.39 is 0 Å². The summed E-state index contributed by atoms with van der Waals surface area (Å²) in [7, 11) is 1.86. The molecule has 4 rings (SSSR count). The quantitative estimate of drug-likeness (QED) is 0.177. The molecular formula is C34H46BrNO. The Morgan fingerprint density at radius 2 is 1.11 bits per heavy atom. The van der Waals surface area contributed by atoms with Crippen LogP contribution in [-0.2, 0) is 4.79 Å². The van der Waals surface area contributed by atoms with Crippen molar-refractivity contribution in [3.8, 4) is 22.3 Å². The van der Waals surface area contributed by atoms with Crippen LogP contribution in [0.25, 0.3) is 22.3 Å². The van der Waals surface area contributed by atoms with Crippen LogP contribution in [0.1, 0.15) is 77.6 Å². The van der Waals surface area contributed by atoms with Gasteiger partial charge in [-0.1, -0.05) is 153 Å². The summed E-state index contributed by atoms with van der Waals surface area (Å²) < 4.78 is 0. The number of alkyl halides is 1. The van der Waals surface area contributed by atoms with E-state index in [4.69, 9.17) is 0 Å². The fourth-order valence-corrected chi connectivity index (χ4v) is 4.79. The Hall–Kier alpha value is -2.39. The number of carbonyl (C=O) groups is 1. The van der Waals surface area contributed by atoms with Crippen LogP contribution in [0, 0.1) is 0 Å². The molecule has 0 spiro atoms. The van der Waals surface area contributed by atoms with Crippen LogP contribution >= 0.6 is 15.9 Å². The number of likely N-dealkylation sites (tertiary alicyclic amines) is 1. The first-order valence-corrected chi connectivity index (χ1v) is 15.3. The molecular weight excluding hydrogens is 518 g/mol. The van der Waals surface area contributed by atoms with Crippen molar-refractivity contribution in [2.75, 3.05) is 18.9 Å². The molecule has 1 aliphatic heterocycles. The average molecular weight is 565 g/mol. The fourth-order valence-electron chi connectivity index (χ4n) is 4.39. The highest BCUT2D eigenvalue weighted by atomic mass is 79.9. The first-order valence-electron chi connectivity index (χ1n) is 14.2. The molecule has 1 amide bonds. The summed E-state index contributed by atoms with van der Waals surface area (Å²) >= 11 is 3.44. The summed E-state index contributed by atoms with van der Waals surface area (Å²) in [5, 5.41) is 1.18. The number of hydrogen-bond donors (Lipinski definition) is 0. The number of hydrogen-bond acceptors (Lipinski definition) is 1. The number of carbonyl (C=O) groups excluding carboxylic acids is 1. The van der Waals surface area contributed by atoms with Crippen molar-refractivity contribution in [1.29, 1.82) is 0 Å². The highest BCUT2D eigenvalue weighted by molar-refractivity contribution is 9.09. The fraction of sp³-hybridized carbons (Fsp3) is 0.441. The highest BCUT2D eigenvalue weighted by Crippen LogP contribution is 2.31. The lowest BCUT2D eigenvalue weighted by Gasteiger charge is -2.21. The minimum Gasteiger partial charge on any atom is -0.346 e. The zero-order valence-corrected chi connectivity index (χ0v) is 24.6. The Kier molecular flexibility index (Phi) is 16.4. The van der Waals surface area contributed by atoms with Crippen LogP contribution in [0.3, 0.4) is 0 Å². The predicted molar refractivity (Wildman–Crippen MR) is 165 cm³/mol. The lowest BCUT2D eigenvalue weighted by molar-refractivity contribution is -0.131. The summed E-state index contributed by atoms with van der Waals surface area (Å²) in [6.07, 6.45) is 14.4. The van der Waals surface area contributed by atoms with Crippen LogP contribution in [-0.4, -0.2) is 29.7 Å². The Labute approximate surface area is 234 Å². The number of nitrogens with zero attached hydrogens (tertiary/aromatic N) is 1. The van der Waals surface area contributed by atoms with Crippen molar-refractivity contribution >= 4 is 21.8 Å². The van der Waals surface area contributed by atoms with Gasteiger partial charge in [-0.25, -0.2) is 0 Å². The van der Waals surface area contributed by atoms with Gasteiger partial charge in [-0.2, -0.15) is 0 Å². The van der Waals surface area contributed by atoms with Gasteiger partial charge in [-0.05, 0) is 41.5 Å². The van der Waals surface area contributed by atoms with Crippen LogP contribution in [0.2, 0.25) is 0 Å². The van der Waals surface area contributed by atoms with E-state index in [1.54, 1.807) is 4.90 Å². The maximum Gasteiger partial charge on any atom is 0.222 e. The molecule has 1 heterocycles. The molecule has 0 saturated carbocycles. The maximum atomic E-state index is 10.7. The maximum absolute atomic E-state index is 10.7. The van der Waals surface area contributed by atoms with E-state index in [2.05, 4.69) is 108 Å². The number of rotatable bonds is 10. The van der Waals surface area contributed by atoms with Crippen LogP contribution in [0.5, 0.6) is 0 Å². The molecule has 1 fully saturated rings. The molecule has 3 heteroatoms. The second-order valence-electron chi connectivity index (χ2n) is 9.71. The average Bonchev–Trinajstić information content (AvgIpc) is 2.96. The lowest BCUT2D eigenvalue weighted by atomic mass is 9.95. The largest absolute Gasteiger partial charge is 0.346 e. The lowest BCUT2D eigenvalue weighted by Crippen LogP contribution is -2.31. The standard InChI is InChI=1S/C18H14.C10H21Br.C6H11NO/c1-3-9-15(10-4-1)17-13-7-8-14-18(17)16-11-5-2-6-12-16;1-2-3-4-5-6-7-8-9-10-11;1-7-5-3-2-4-6(7)8/h1-14H;2-10H2,1H3;2-5H2,1H3. The topological polar surface area (TPSA) is 20.3 Å². The third kappa shape index (κ3) is 12.6. The van der Waals surface area contributed by atoms with E-state index in [-0.39, 0.29) is 0 Å². The van der Waals surface area contributed by atoms with E-state index in [0.717, 1.165) is 19.4 Å². The zero-order chi connectivity index (χ0) is 26.6. The van der Waals surface area contributed by atoms with Crippen molar-refractivity contribution < 1.29 is 4.79 Å². The van der Waals surface area contributed by atoms with E-state index in [9.17, 15) is 4.79 Å². The Balaban J connectivity index is 0.000000217. The van der Waals surface area contributed by atoms with Gasteiger partial charge in [0.25, 0.3) is 0 Å². The zero-order valence-electron chi connectivity index (χ0n) is 23.0. The minimum atomic E-state index is 0.302. The van der Waals surface area contributed by atoms with Crippen molar-refractivity contribution in [2.45, 2.75) is 77.6 Å². The van der Waals surface area contributed by atoms with E-state index in [0.29, 0.717) is 5.91 Å².